The maximum atomic E-state index is 11.1. The highest BCUT2D eigenvalue weighted by molar-refractivity contribution is 5.90. The second kappa shape index (κ2) is 9.74. The van der Waals surface area contributed by atoms with Crippen molar-refractivity contribution in [3.63, 3.8) is 0 Å². The fraction of sp³-hybridized carbons (Fsp3) is 0.375. The van der Waals surface area contributed by atoms with E-state index in [1.165, 1.54) is 6.08 Å². The first kappa shape index (κ1) is 18.9. The van der Waals surface area contributed by atoms with Crippen LogP contribution < -0.4 is 10.8 Å². The Kier molecular flexibility index (Phi) is 7.36. The number of nitrogens with one attached hydrogen (secondary N) is 2. The molecule has 2 aromatic rings. The number of nitrogens with zero attached hydrogens (tertiary/aromatic N) is 2. The number of hydroxylamine groups is 1. The summed E-state index contributed by atoms with van der Waals surface area (Å²) in [6.45, 7) is 1.16. The molecule has 0 radical (unpaired) electrons. The average molecular weight is 350 g/mol. The molecule has 0 atom stereocenters. The molecule has 0 bridgehead atoms. The number of aliphatic hydroxyl groups is 1. The minimum absolute atomic E-state index is 0.332. The van der Waals surface area contributed by atoms with Crippen LogP contribution in [0.3, 0.4) is 0 Å². The second-order valence-corrected chi connectivity index (χ2v) is 5.11. The van der Waals surface area contributed by atoms with Gasteiger partial charge in [-0.05, 0) is 23.8 Å². The first-order chi connectivity index (χ1) is 12.2. The number of methoxy groups -OCH3 is 1. The number of fused-ring (bicyclic) bond motifs is 1. The predicted octanol–water partition coefficient (Wildman–Crippen LogP) is 0.420. The van der Waals surface area contributed by atoms with Gasteiger partial charge in [0.05, 0.1) is 18.9 Å². The van der Waals surface area contributed by atoms with Crippen LogP contribution in [-0.4, -0.2) is 59.3 Å². The molecule has 0 aliphatic carbocycles. The van der Waals surface area contributed by atoms with Crippen molar-refractivity contribution in [1.29, 1.82) is 0 Å². The van der Waals surface area contributed by atoms with E-state index in [1.54, 1.807) is 18.7 Å². The standard InChI is InChI=1S/C16H22N4O5/c1-24-9-7-17-16-13(6-8-25-11-21)18-14-4-2-12(10-20(14)16)3-5-15(22)19-23/h2-5,10,17,21,23H,6-9,11H2,1H3,(H,19,22)/b5-3+. The zero-order valence-electron chi connectivity index (χ0n) is 13.9. The Bertz CT molecular complexity index is 729. The summed E-state index contributed by atoms with van der Waals surface area (Å²) in [6, 6.07) is 3.64. The Morgan fingerprint density at radius 3 is 2.96 bits per heavy atom. The van der Waals surface area contributed by atoms with E-state index in [9.17, 15) is 4.79 Å². The van der Waals surface area contributed by atoms with Crippen molar-refractivity contribution in [2.24, 2.45) is 0 Å². The molecular formula is C16H22N4O5. The van der Waals surface area contributed by atoms with Crippen molar-refractivity contribution in [1.82, 2.24) is 14.9 Å². The molecule has 0 aliphatic heterocycles. The van der Waals surface area contributed by atoms with Gasteiger partial charge in [0.25, 0.3) is 5.91 Å². The van der Waals surface area contributed by atoms with E-state index in [0.717, 1.165) is 22.7 Å². The van der Waals surface area contributed by atoms with Gasteiger partial charge in [-0.2, -0.15) is 0 Å². The van der Waals surface area contributed by atoms with Crippen molar-refractivity contribution < 1.29 is 24.6 Å². The molecule has 0 fully saturated rings. The number of rotatable bonds is 10. The van der Waals surface area contributed by atoms with Crippen molar-refractivity contribution in [3.05, 3.63) is 35.7 Å². The summed E-state index contributed by atoms with van der Waals surface area (Å²) in [7, 11) is 1.63. The largest absolute Gasteiger partial charge is 0.383 e. The van der Waals surface area contributed by atoms with Crippen LogP contribution in [0.4, 0.5) is 5.82 Å². The number of aromatic nitrogens is 2. The molecule has 9 heteroatoms. The highest BCUT2D eigenvalue weighted by Crippen LogP contribution is 2.20. The predicted molar refractivity (Wildman–Crippen MR) is 91.3 cm³/mol. The third-order valence-electron chi connectivity index (χ3n) is 3.42. The molecule has 2 rings (SSSR count). The maximum absolute atomic E-state index is 11.1. The van der Waals surface area contributed by atoms with Crippen LogP contribution in [0.1, 0.15) is 11.3 Å². The van der Waals surface area contributed by atoms with Crippen molar-refractivity contribution in [2.75, 3.05) is 39.0 Å². The molecule has 2 heterocycles. The van der Waals surface area contributed by atoms with Gasteiger partial charge in [0, 0.05) is 32.3 Å². The SMILES string of the molecule is COCCNc1c(CCOCO)nc2ccc(/C=C/C(=O)NO)cn12. The lowest BCUT2D eigenvalue weighted by molar-refractivity contribution is -0.124. The number of hydrogen-bond acceptors (Lipinski definition) is 7. The molecule has 0 aromatic carbocycles. The zero-order chi connectivity index (χ0) is 18.1. The molecule has 0 spiro atoms. The Balaban J connectivity index is 2.31. The van der Waals surface area contributed by atoms with Crippen LogP contribution in [0.5, 0.6) is 0 Å². The third kappa shape index (κ3) is 5.26. The summed E-state index contributed by atoms with van der Waals surface area (Å²) in [5.41, 5.74) is 3.85. The molecule has 0 unspecified atom stereocenters. The summed E-state index contributed by atoms with van der Waals surface area (Å²) in [4.78, 5) is 15.7. The average Bonchev–Trinajstić information content (AvgIpc) is 2.97. The van der Waals surface area contributed by atoms with Gasteiger partial charge in [0.15, 0.2) is 0 Å². The van der Waals surface area contributed by atoms with E-state index in [4.69, 9.17) is 19.8 Å². The molecule has 136 valence electrons. The molecule has 0 saturated heterocycles. The number of amides is 1. The van der Waals surface area contributed by atoms with E-state index >= 15 is 0 Å². The molecule has 0 saturated carbocycles. The summed E-state index contributed by atoms with van der Waals surface area (Å²) < 4.78 is 11.9. The van der Waals surface area contributed by atoms with Crippen LogP contribution in [-0.2, 0) is 20.7 Å². The molecule has 1 amide bonds. The first-order valence-corrected chi connectivity index (χ1v) is 7.74. The normalized spacial score (nSPS) is 11.3. The summed E-state index contributed by atoms with van der Waals surface area (Å²) >= 11 is 0. The van der Waals surface area contributed by atoms with Gasteiger partial charge in [-0.3, -0.25) is 14.4 Å². The van der Waals surface area contributed by atoms with E-state index in [2.05, 4.69) is 10.3 Å². The lowest BCUT2D eigenvalue weighted by Gasteiger charge is -2.08. The molecule has 25 heavy (non-hydrogen) atoms. The quantitative estimate of drug-likeness (QED) is 0.161. The van der Waals surface area contributed by atoms with Gasteiger partial charge in [-0.1, -0.05) is 0 Å². The lowest BCUT2D eigenvalue weighted by Crippen LogP contribution is -2.14. The van der Waals surface area contributed by atoms with Crippen LogP contribution in [0.2, 0.25) is 0 Å². The zero-order valence-corrected chi connectivity index (χ0v) is 13.9. The van der Waals surface area contributed by atoms with Crippen LogP contribution >= 0.6 is 0 Å². The molecule has 9 nitrogen and oxygen atoms in total. The Labute approximate surface area is 144 Å². The van der Waals surface area contributed by atoms with Gasteiger partial charge in [-0.15, -0.1) is 0 Å². The fourth-order valence-corrected chi connectivity index (χ4v) is 2.28. The fourth-order valence-electron chi connectivity index (χ4n) is 2.28. The van der Waals surface area contributed by atoms with Gasteiger partial charge < -0.3 is 19.9 Å². The Morgan fingerprint density at radius 1 is 1.40 bits per heavy atom. The number of anilines is 1. The second-order valence-electron chi connectivity index (χ2n) is 5.11. The summed E-state index contributed by atoms with van der Waals surface area (Å²) in [6.07, 6.45) is 5.18. The van der Waals surface area contributed by atoms with Crippen molar-refractivity contribution in [2.45, 2.75) is 6.42 Å². The van der Waals surface area contributed by atoms with Gasteiger partial charge in [0.2, 0.25) is 0 Å². The summed E-state index contributed by atoms with van der Waals surface area (Å²) in [5, 5.41) is 20.6. The molecule has 0 aliphatic rings. The number of imidazole rings is 1. The highest BCUT2D eigenvalue weighted by atomic mass is 16.6. The number of aliphatic hydroxyl groups excluding tert-OH is 1. The maximum Gasteiger partial charge on any atom is 0.267 e. The minimum Gasteiger partial charge on any atom is -0.383 e. The minimum atomic E-state index is -0.606. The lowest BCUT2D eigenvalue weighted by atomic mass is 10.2. The number of hydrogen-bond donors (Lipinski definition) is 4. The number of ether oxygens (including phenoxy) is 2. The van der Waals surface area contributed by atoms with E-state index in [1.807, 2.05) is 22.7 Å². The van der Waals surface area contributed by atoms with E-state index < -0.39 is 5.91 Å². The molecule has 2 aromatic heterocycles. The third-order valence-corrected chi connectivity index (χ3v) is 3.42. The number of pyridine rings is 1. The summed E-state index contributed by atoms with van der Waals surface area (Å²) in [5.74, 6) is 0.196. The molecular weight excluding hydrogens is 328 g/mol. The monoisotopic (exact) mass is 350 g/mol. The topological polar surface area (TPSA) is 117 Å². The van der Waals surface area contributed by atoms with Crippen LogP contribution in [0.25, 0.3) is 11.7 Å². The van der Waals surface area contributed by atoms with E-state index in [0.29, 0.717) is 26.2 Å². The van der Waals surface area contributed by atoms with Gasteiger partial charge >= 0.3 is 0 Å². The van der Waals surface area contributed by atoms with Crippen LogP contribution in [0.15, 0.2) is 24.4 Å². The smallest absolute Gasteiger partial charge is 0.267 e. The van der Waals surface area contributed by atoms with Gasteiger partial charge in [-0.25, -0.2) is 10.5 Å². The van der Waals surface area contributed by atoms with E-state index in [-0.39, 0.29) is 6.79 Å². The highest BCUT2D eigenvalue weighted by Gasteiger charge is 2.12. The van der Waals surface area contributed by atoms with Gasteiger partial charge in [0.1, 0.15) is 18.3 Å². The number of carbonyl (C=O) groups is 1. The Morgan fingerprint density at radius 2 is 2.24 bits per heavy atom. The van der Waals surface area contributed by atoms with Crippen LogP contribution in [0, 0.1) is 0 Å². The molecule has 4 N–H and O–H groups in total. The van der Waals surface area contributed by atoms with Crippen molar-refractivity contribution in [3.8, 4) is 0 Å². The number of carbonyl (C=O) groups excluding carboxylic acids is 1. The van der Waals surface area contributed by atoms with Crippen molar-refractivity contribution >= 4 is 23.4 Å². The Hall–Kier alpha value is -2.46. The first-order valence-electron chi connectivity index (χ1n) is 7.74.